The van der Waals surface area contributed by atoms with Crippen LogP contribution in [0.3, 0.4) is 0 Å². The zero-order valence-electron chi connectivity index (χ0n) is 13.4. The first kappa shape index (κ1) is 18.9. The number of carbonyl (C=O) groups excluding carboxylic acids is 1. The van der Waals surface area contributed by atoms with Gasteiger partial charge >= 0.3 is 0 Å². The molecule has 0 heterocycles. The number of nitrogens with one attached hydrogen (secondary N) is 1. The van der Waals surface area contributed by atoms with Crippen LogP contribution in [0.4, 0.5) is 27.6 Å². The van der Waals surface area contributed by atoms with E-state index in [0.29, 0.717) is 11.6 Å². The highest BCUT2D eigenvalue weighted by atomic mass is 19.2. The smallest absolute Gasteiger partial charge is 0.282 e. The first-order valence-corrected chi connectivity index (χ1v) is 7.45. The maximum absolute atomic E-state index is 13.6. The molecule has 8 heteroatoms. The average molecular weight is 359 g/mol. The number of hydrogen-bond donors (Lipinski definition) is 2. The van der Waals surface area contributed by atoms with Crippen LogP contribution in [-0.4, -0.2) is 11.9 Å². The first-order chi connectivity index (χ1) is 11.7. The molecule has 0 aliphatic rings. The van der Waals surface area contributed by atoms with Crippen molar-refractivity contribution in [3.63, 3.8) is 0 Å². The maximum atomic E-state index is 13.6. The molecule has 0 spiro atoms. The van der Waals surface area contributed by atoms with Crippen molar-refractivity contribution in [1.82, 2.24) is 0 Å². The Morgan fingerprint density at radius 2 is 1.56 bits per heavy atom. The number of nitrogens with two attached hydrogens (primary N) is 1. The van der Waals surface area contributed by atoms with Gasteiger partial charge in [-0.05, 0) is 44.2 Å². The van der Waals surface area contributed by atoms with E-state index in [0.717, 1.165) is 18.2 Å². The van der Waals surface area contributed by atoms with E-state index in [2.05, 4.69) is 5.32 Å². The molecule has 2 aromatic rings. The molecule has 0 fully saturated rings. The van der Waals surface area contributed by atoms with Crippen LogP contribution in [0, 0.1) is 29.1 Å². The van der Waals surface area contributed by atoms with Crippen LogP contribution < -0.4 is 10.6 Å². The maximum Gasteiger partial charge on any atom is 0.282 e. The molecule has 2 atom stereocenters. The monoisotopic (exact) mass is 359 g/mol. The molecule has 3 N–H and O–H groups in total. The van der Waals surface area contributed by atoms with Gasteiger partial charge in [0.25, 0.3) is 5.91 Å². The summed E-state index contributed by atoms with van der Waals surface area (Å²) >= 11 is 0. The molecule has 134 valence electrons. The Bertz CT molecular complexity index is 797. The lowest BCUT2D eigenvalue weighted by Crippen LogP contribution is -2.91. The van der Waals surface area contributed by atoms with Crippen molar-refractivity contribution < 1.29 is 32.1 Å². The van der Waals surface area contributed by atoms with E-state index in [1.54, 1.807) is 12.2 Å². The number of halogens is 5. The van der Waals surface area contributed by atoms with Gasteiger partial charge in [0.15, 0.2) is 35.1 Å². The molecular weight excluding hydrogens is 343 g/mol. The summed E-state index contributed by atoms with van der Waals surface area (Å²) in [6, 6.07) is 3.86. The fraction of sp³-hybridized carbons (Fsp3) is 0.235. The summed E-state index contributed by atoms with van der Waals surface area (Å²) in [5.74, 6) is -7.16. The second-order valence-electron chi connectivity index (χ2n) is 5.66. The lowest BCUT2D eigenvalue weighted by atomic mass is 10.1. The minimum atomic E-state index is -1.68. The molecule has 0 saturated heterocycles. The molecule has 25 heavy (non-hydrogen) atoms. The van der Waals surface area contributed by atoms with Crippen molar-refractivity contribution in [3.8, 4) is 0 Å². The highest BCUT2D eigenvalue weighted by molar-refractivity contribution is 5.93. The number of carbonyl (C=O) groups is 1. The standard InChI is InChI=1S/C17H15F5N2O/c1-8(10-3-4-11(18)13(20)7-10)23-9(2)17(25)24-14-6-5-12(19)15(21)16(14)22/h3-9,23H,1-2H3,(H,24,25)/p+1/t8-,9+/m0/s1. The summed E-state index contributed by atoms with van der Waals surface area (Å²) in [5.41, 5.74) is -0.0258. The molecule has 2 rings (SSSR count). The zero-order valence-corrected chi connectivity index (χ0v) is 13.4. The van der Waals surface area contributed by atoms with Crippen molar-refractivity contribution in [2.45, 2.75) is 25.9 Å². The van der Waals surface area contributed by atoms with Gasteiger partial charge < -0.3 is 10.6 Å². The Labute approximate surface area is 140 Å². The van der Waals surface area contributed by atoms with Crippen LogP contribution in [0.1, 0.15) is 25.5 Å². The normalized spacial score (nSPS) is 13.4. The van der Waals surface area contributed by atoms with Crippen molar-refractivity contribution >= 4 is 11.6 Å². The Morgan fingerprint density at radius 1 is 0.920 bits per heavy atom. The van der Waals surface area contributed by atoms with E-state index in [4.69, 9.17) is 0 Å². The average Bonchev–Trinajstić information content (AvgIpc) is 2.57. The third kappa shape index (κ3) is 4.33. The molecule has 0 unspecified atom stereocenters. The van der Waals surface area contributed by atoms with Crippen molar-refractivity contribution in [3.05, 3.63) is 65.0 Å². The van der Waals surface area contributed by atoms with Gasteiger partial charge in [-0.2, -0.15) is 0 Å². The summed E-state index contributed by atoms with van der Waals surface area (Å²) in [6.07, 6.45) is 0. The van der Waals surface area contributed by atoms with Gasteiger partial charge in [-0.3, -0.25) is 4.79 Å². The Morgan fingerprint density at radius 3 is 2.20 bits per heavy atom. The van der Waals surface area contributed by atoms with E-state index in [-0.39, 0.29) is 0 Å². The zero-order chi connectivity index (χ0) is 18.7. The SMILES string of the molecule is C[C@H]([NH2+][C@H](C)C(=O)Nc1ccc(F)c(F)c1F)c1ccc(F)c(F)c1. The lowest BCUT2D eigenvalue weighted by molar-refractivity contribution is -0.709. The van der Waals surface area contributed by atoms with Crippen molar-refractivity contribution in [2.24, 2.45) is 0 Å². The third-order valence-corrected chi connectivity index (χ3v) is 3.75. The summed E-state index contributed by atoms with van der Waals surface area (Å²) in [7, 11) is 0. The van der Waals surface area contributed by atoms with E-state index >= 15 is 0 Å². The number of anilines is 1. The number of benzene rings is 2. The third-order valence-electron chi connectivity index (χ3n) is 3.75. The minimum Gasteiger partial charge on any atom is -0.330 e. The van der Waals surface area contributed by atoms with Gasteiger partial charge in [0, 0.05) is 5.56 Å². The van der Waals surface area contributed by atoms with Gasteiger partial charge in [-0.1, -0.05) is 0 Å². The largest absolute Gasteiger partial charge is 0.330 e. The summed E-state index contributed by atoms with van der Waals surface area (Å²) in [5, 5.41) is 3.71. The van der Waals surface area contributed by atoms with Crippen LogP contribution in [-0.2, 0) is 4.79 Å². The molecule has 3 nitrogen and oxygen atoms in total. The van der Waals surface area contributed by atoms with Gasteiger partial charge in [0.05, 0.1) is 5.69 Å². The Hall–Kier alpha value is -2.48. The fourth-order valence-electron chi connectivity index (χ4n) is 2.30. The van der Waals surface area contributed by atoms with Crippen LogP contribution in [0.25, 0.3) is 0 Å². The summed E-state index contributed by atoms with van der Waals surface area (Å²) in [4.78, 5) is 12.1. The topological polar surface area (TPSA) is 45.7 Å². The van der Waals surface area contributed by atoms with Gasteiger partial charge in [-0.15, -0.1) is 0 Å². The molecule has 0 aliphatic heterocycles. The van der Waals surface area contributed by atoms with Crippen LogP contribution >= 0.6 is 0 Å². The van der Waals surface area contributed by atoms with E-state index in [9.17, 15) is 26.7 Å². The summed E-state index contributed by atoms with van der Waals surface area (Å²) in [6.45, 7) is 3.18. The number of quaternary nitrogens is 1. The predicted molar refractivity (Wildman–Crippen MR) is 81.1 cm³/mol. The highest BCUT2D eigenvalue weighted by Gasteiger charge is 2.23. The highest BCUT2D eigenvalue weighted by Crippen LogP contribution is 2.19. The molecule has 0 radical (unpaired) electrons. The van der Waals surface area contributed by atoms with Gasteiger partial charge in [0.1, 0.15) is 6.04 Å². The minimum absolute atomic E-state index is 0.398. The second kappa shape index (κ2) is 7.60. The Kier molecular flexibility index (Phi) is 5.73. The van der Waals surface area contributed by atoms with E-state index < -0.39 is 52.8 Å². The fourth-order valence-corrected chi connectivity index (χ4v) is 2.30. The van der Waals surface area contributed by atoms with Crippen LogP contribution in [0.15, 0.2) is 30.3 Å². The molecule has 2 aromatic carbocycles. The molecule has 0 aliphatic carbocycles. The number of amides is 1. The molecular formula is C17H16F5N2O+. The second-order valence-corrected chi connectivity index (χ2v) is 5.66. The lowest BCUT2D eigenvalue weighted by Gasteiger charge is -2.17. The molecule has 0 bridgehead atoms. The van der Waals surface area contributed by atoms with Gasteiger partial charge in [0.2, 0.25) is 0 Å². The molecule has 1 amide bonds. The van der Waals surface area contributed by atoms with Gasteiger partial charge in [-0.25, -0.2) is 22.0 Å². The first-order valence-electron chi connectivity index (χ1n) is 7.45. The molecule has 0 aromatic heterocycles. The van der Waals surface area contributed by atoms with Crippen molar-refractivity contribution in [1.29, 1.82) is 0 Å². The van der Waals surface area contributed by atoms with Crippen molar-refractivity contribution in [2.75, 3.05) is 5.32 Å². The summed E-state index contributed by atoms with van der Waals surface area (Å²) < 4.78 is 65.8. The van der Waals surface area contributed by atoms with E-state index in [1.807, 2.05) is 0 Å². The number of hydrogen-bond acceptors (Lipinski definition) is 1. The number of rotatable bonds is 5. The van der Waals surface area contributed by atoms with Crippen LogP contribution in [0.5, 0.6) is 0 Å². The van der Waals surface area contributed by atoms with Crippen LogP contribution in [0.2, 0.25) is 0 Å². The van der Waals surface area contributed by atoms with E-state index in [1.165, 1.54) is 13.0 Å². The molecule has 0 saturated carbocycles. The predicted octanol–water partition coefficient (Wildman–Crippen LogP) is 3.03. The Balaban J connectivity index is 2.05. The quantitative estimate of drug-likeness (QED) is 0.626.